The van der Waals surface area contributed by atoms with Crippen LogP contribution < -0.4 is 5.32 Å². The summed E-state index contributed by atoms with van der Waals surface area (Å²) in [5, 5.41) is 3.88. The van der Waals surface area contributed by atoms with E-state index in [1.54, 1.807) is 18.5 Å². The van der Waals surface area contributed by atoms with Crippen molar-refractivity contribution in [1.29, 1.82) is 0 Å². The molecular formula is C18H19BrClN3O. The van der Waals surface area contributed by atoms with E-state index in [1.807, 2.05) is 12.1 Å². The van der Waals surface area contributed by atoms with Crippen molar-refractivity contribution in [1.82, 2.24) is 15.2 Å². The summed E-state index contributed by atoms with van der Waals surface area (Å²) in [5.41, 5.74) is 1.86. The summed E-state index contributed by atoms with van der Waals surface area (Å²) in [7, 11) is 0. The average Bonchev–Trinajstić information content (AvgIpc) is 2.59. The second-order valence-electron chi connectivity index (χ2n) is 6.04. The third-order valence-electron chi connectivity index (χ3n) is 4.21. The number of rotatable bonds is 4. The Labute approximate surface area is 155 Å². The smallest absolute Gasteiger partial charge is 0.253 e. The third kappa shape index (κ3) is 4.79. The van der Waals surface area contributed by atoms with E-state index in [-0.39, 0.29) is 11.9 Å². The molecule has 0 radical (unpaired) electrons. The van der Waals surface area contributed by atoms with Crippen molar-refractivity contribution in [2.45, 2.75) is 25.4 Å². The largest absolute Gasteiger partial charge is 0.349 e. The zero-order valence-corrected chi connectivity index (χ0v) is 15.6. The summed E-state index contributed by atoms with van der Waals surface area (Å²) >= 11 is 9.26. The molecule has 1 aliphatic rings. The maximum atomic E-state index is 12.3. The fourth-order valence-electron chi connectivity index (χ4n) is 2.89. The molecule has 2 heterocycles. The summed E-state index contributed by atoms with van der Waals surface area (Å²) in [6.07, 6.45) is 5.18. The summed E-state index contributed by atoms with van der Waals surface area (Å²) in [5.74, 6) is -0.0556. The average molecular weight is 409 g/mol. The summed E-state index contributed by atoms with van der Waals surface area (Å²) in [6.45, 7) is 2.88. The summed E-state index contributed by atoms with van der Waals surface area (Å²) < 4.78 is 0.813. The first-order valence-corrected chi connectivity index (χ1v) is 9.15. The van der Waals surface area contributed by atoms with Crippen LogP contribution in [0.3, 0.4) is 0 Å². The van der Waals surface area contributed by atoms with E-state index >= 15 is 0 Å². The van der Waals surface area contributed by atoms with Crippen LogP contribution in [0.25, 0.3) is 0 Å². The van der Waals surface area contributed by atoms with Gasteiger partial charge in [0.05, 0.1) is 5.56 Å². The normalized spacial score (nSPS) is 16.1. The van der Waals surface area contributed by atoms with Crippen LogP contribution in [-0.2, 0) is 6.54 Å². The molecule has 24 heavy (non-hydrogen) atoms. The van der Waals surface area contributed by atoms with Crippen molar-refractivity contribution in [3.05, 3.63) is 63.3 Å². The molecule has 2 aromatic rings. The number of nitrogens with zero attached hydrogens (tertiary/aromatic N) is 2. The van der Waals surface area contributed by atoms with E-state index in [0.717, 1.165) is 42.0 Å². The van der Waals surface area contributed by atoms with Gasteiger partial charge in [0.1, 0.15) is 0 Å². The standard InChI is InChI=1S/C18H19BrClN3O/c19-15-9-14(10-21-11-15)18(24)22-17-5-7-23(8-6-17)12-13-1-3-16(20)4-2-13/h1-4,9-11,17H,5-8,12H2,(H,22,24). The summed E-state index contributed by atoms with van der Waals surface area (Å²) in [6, 6.07) is 9.99. The molecule has 0 bridgehead atoms. The number of piperidine rings is 1. The quantitative estimate of drug-likeness (QED) is 0.835. The number of hydrogen-bond donors (Lipinski definition) is 1. The molecule has 0 saturated carbocycles. The maximum Gasteiger partial charge on any atom is 0.253 e. The van der Waals surface area contributed by atoms with E-state index in [9.17, 15) is 4.79 Å². The molecule has 4 nitrogen and oxygen atoms in total. The van der Waals surface area contributed by atoms with Gasteiger partial charge >= 0.3 is 0 Å². The van der Waals surface area contributed by atoms with Gasteiger partial charge in [0.25, 0.3) is 5.91 Å². The Morgan fingerprint density at radius 1 is 1.25 bits per heavy atom. The predicted molar refractivity (Wildman–Crippen MR) is 99.2 cm³/mol. The highest BCUT2D eigenvalue weighted by molar-refractivity contribution is 9.10. The minimum atomic E-state index is -0.0556. The van der Waals surface area contributed by atoms with Crippen LogP contribution in [0.15, 0.2) is 47.2 Å². The minimum absolute atomic E-state index is 0.0556. The van der Waals surface area contributed by atoms with Crippen LogP contribution >= 0.6 is 27.5 Å². The predicted octanol–water partition coefficient (Wildman–Crippen LogP) is 3.89. The van der Waals surface area contributed by atoms with Gasteiger partial charge in [-0.3, -0.25) is 14.7 Å². The number of benzene rings is 1. The Morgan fingerprint density at radius 2 is 1.96 bits per heavy atom. The molecule has 1 aliphatic heterocycles. The molecule has 0 aliphatic carbocycles. The van der Waals surface area contributed by atoms with Gasteiger partial charge in [0.15, 0.2) is 0 Å². The molecular weight excluding hydrogens is 390 g/mol. The number of nitrogens with one attached hydrogen (secondary N) is 1. The van der Waals surface area contributed by atoms with Gasteiger partial charge in [-0.2, -0.15) is 0 Å². The third-order valence-corrected chi connectivity index (χ3v) is 4.89. The lowest BCUT2D eigenvalue weighted by atomic mass is 10.0. The van der Waals surface area contributed by atoms with Gasteiger partial charge in [-0.05, 0) is 52.5 Å². The number of carbonyl (C=O) groups excluding carboxylic acids is 1. The van der Waals surface area contributed by atoms with Crippen LogP contribution in [0.1, 0.15) is 28.8 Å². The van der Waals surface area contributed by atoms with Crippen molar-refractivity contribution >= 4 is 33.4 Å². The lowest BCUT2D eigenvalue weighted by Crippen LogP contribution is -2.44. The van der Waals surface area contributed by atoms with Crippen molar-refractivity contribution in [3.8, 4) is 0 Å². The fraction of sp³-hybridized carbons (Fsp3) is 0.333. The first-order chi connectivity index (χ1) is 11.6. The van der Waals surface area contributed by atoms with E-state index < -0.39 is 0 Å². The highest BCUT2D eigenvalue weighted by Gasteiger charge is 2.21. The van der Waals surface area contributed by atoms with E-state index in [2.05, 4.69) is 43.3 Å². The topological polar surface area (TPSA) is 45.2 Å². The number of halogens is 2. The van der Waals surface area contributed by atoms with Crippen LogP contribution in [0.4, 0.5) is 0 Å². The number of hydrogen-bond acceptors (Lipinski definition) is 3. The molecule has 0 unspecified atom stereocenters. The van der Waals surface area contributed by atoms with Gasteiger partial charge in [-0.1, -0.05) is 23.7 Å². The molecule has 3 rings (SSSR count). The van der Waals surface area contributed by atoms with Gasteiger partial charge in [0, 0.05) is 47.6 Å². The van der Waals surface area contributed by atoms with Gasteiger partial charge < -0.3 is 5.32 Å². The van der Waals surface area contributed by atoms with Crippen molar-refractivity contribution in [3.63, 3.8) is 0 Å². The van der Waals surface area contributed by atoms with Gasteiger partial charge in [-0.15, -0.1) is 0 Å². The number of amides is 1. The molecule has 1 amide bonds. The fourth-order valence-corrected chi connectivity index (χ4v) is 3.38. The molecule has 1 N–H and O–H groups in total. The lowest BCUT2D eigenvalue weighted by Gasteiger charge is -2.32. The lowest BCUT2D eigenvalue weighted by molar-refractivity contribution is 0.0908. The Balaban J connectivity index is 1.48. The second kappa shape index (κ2) is 8.10. The molecule has 0 atom stereocenters. The zero-order valence-electron chi connectivity index (χ0n) is 13.2. The summed E-state index contributed by atoms with van der Waals surface area (Å²) in [4.78, 5) is 18.7. The zero-order chi connectivity index (χ0) is 16.9. The molecule has 1 aromatic carbocycles. The molecule has 1 fully saturated rings. The Morgan fingerprint density at radius 3 is 2.62 bits per heavy atom. The second-order valence-corrected chi connectivity index (χ2v) is 7.39. The van der Waals surface area contributed by atoms with Crippen molar-refractivity contribution < 1.29 is 4.79 Å². The molecule has 126 valence electrons. The first kappa shape index (κ1) is 17.4. The molecule has 1 aromatic heterocycles. The first-order valence-electron chi connectivity index (χ1n) is 7.98. The van der Waals surface area contributed by atoms with E-state index in [0.29, 0.717) is 5.56 Å². The molecule has 0 spiro atoms. The van der Waals surface area contributed by atoms with Crippen molar-refractivity contribution in [2.24, 2.45) is 0 Å². The number of likely N-dealkylation sites (tertiary alicyclic amines) is 1. The number of pyridine rings is 1. The monoisotopic (exact) mass is 407 g/mol. The molecule has 6 heteroatoms. The van der Waals surface area contributed by atoms with Crippen LogP contribution in [0.5, 0.6) is 0 Å². The van der Waals surface area contributed by atoms with E-state index in [4.69, 9.17) is 11.6 Å². The van der Waals surface area contributed by atoms with Crippen LogP contribution in [-0.4, -0.2) is 34.9 Å². The van der Waals surface area contributed by atoms with Gasteiger partial charge in [0.2, 0.25) is 0 Å². The van der Waals surface area contributed by atoms with Crippen LogP contribution in [0.2, 0.25) is 5.02 Å². The Hall–Kier alpha value is -1.43. The van der Waals surface area contributed by atoms with Crippen molar-refractivity contribution in [2.75, 3.05) is 13.1 Å². The van der Waals surface area contributed by atoms with Crippen LogP contribution in [0, 0.1) is 0 Å². The highest BCUT2D eigenvalue weighted by atomic mass is 79.9. The Kier molecular flexibility index (Phi) is 5.87. The highest BCUT2D eigenvalue weighted by Crippen LogP contribution is 2.17. The maximum absolute atomic E-state index is 12.3. The van der Waals surface area contributed by atoms with Gasteiger partial charge in [-0.25, -0.2) is 0 Å². The molecule has 1 saturated heterocycles. The number of carbonyl (C=O) groups is 1. The minimum Gasteiger partial charge on any atom is -0.349 e. The SMILES string of the molecule is O=C(NC1CCN(Cc2ccc(Cl)cc2)CC1)c1cncc(Br)c1. The number of aromatic nitrogens is 1. The Bertz CT molecular complexity index is 700. The van der Waals surface area contributed by atoms with E-state index in [1.165, 1.54) is 5.56 Å².